The van der Waals surface area contributed by atoms with Gasteiger partial charge in [0.25, 0.3) is 5.91 Å². The van der Waals surface area contributed by atoms with Gasteiger partial charge in [0.2, 0.25) is 5.91 Å². The van der Waals surface area contributed by atoms with Crippen LogP contribution in [0.25, 0.3) is 0 Å². The Morgan fingerprint density at radius 1 is 1.41 bits per heavy atom. The van der Waals surface area contributed by atoms with Crippen LogP contribution in [0.1, 0.15) is 29.6 Å². The fraction of sp³-hybridized carbons (Fsp3) is 0.474. The van der Waals surface area contributed by atoms with Crippen molar-refractivity contribution in [2.45, 2.75) is 25.3 Å². The van der Waals surface area contributed by atoms with Crippen molar-refractivity contribution in [3.8, 4) is 5.75 Å². The van der Waals surface area contributed by atoms with Gasteiger partial charge >= 0.3 is 0 Å². The largest absolute Gasteiger partial charge is 0.496 e. The van der Waals surface area contributed by atoms with E-state index in [-0.39, 0.29) is 24.2 Å². The zero-order valence-corrected chi connectivity index (χ0v) is 16.9. The molecule has 1 atom stereocenters. The molecule has 148 valence electrons. The second-order valence-corrected chi connectivity index (χ2v) is 6.97. The van der Waals surface area contributed by atoms with Gasteiger partial charge in [-0.25, -0.2) is 0 Å². The van der Waals surface area contributed by atoms with Crippen LogP contribution in [0.4, 0.5) is 0 Å². The van der Waals surface area contributed by atoms with E-state index in [9.17, 15) is 9.59 Å². The van der Waals surface area contributed by atoms with Crippen molar-refractivity contribution in [2.24, 2.45) is 0 Å². The number of ether oxygens (including phenoxy) is 1. The Hall–Kier alpha value is -1.76. The van der Waals surface area contributed by atoms with Gasteiger partial charge < -0.3 is 20.3 Å². The summed E-state index contributed by atoms with van der Waals surface area (Å²) in [5.41, 5.74) is 1.62. The number of carbonyl (C=O) groups is 2. The average molecular weight is 414 g/mol. The molecule has 2 N–H and O–H groups in total. The van der Waals surface area contributed by atoms with Crippen LogP contribution in [-0.4, -0.2) is 56.0 Å². The molecule has 6 nitrogen and oxygen atoms in total. The van der Waals surface area contributed by atoms with E-state index in [1.165, 1.54) is 12.7 Å². The van der Waals surface area contributed by atoms with Crippen molar-refractivity contribution < 1.29 is 14.3 Å². The SMILES string of the molecule is COc1ccc(Cl)cc1C(=O)N1CCCC1C(=O)NCC1=CCNCC1.Cl. The molecule has 2 heterocycles. The summed E-state index contributed by atoms with van der Waals surface area (Å²) in [6.07, 6.45) is 4.52. The van der Waals surface area contributed by atoms with Crippen LogP contribution >= 0.6 is 24.0 Å². The minimum atomic E-state index is -0.450. The molecule has 1 aromatic rings. The maximum Gasteiger partial charge on any atom is 0.258 e. The van der Waals surface area contributed by atoms with Gasteiger partial charge in [0.1, 0.15) is 11.8 Å². The van der Waals surface area contributed by atoms with Crippen molar-refractivity contribution >= 4 is 35.8 Å². The molecule has 2 amide bonds. The fourth-order valence-corrected chi connectivity index (χ4v) is 3.61. The molecular formula is C19H25Cl2N3O3. The Kier molecular flexibility index (Phi) is 7.95. The molecule has 1 fully saturated rings. The third-order valence-corrected chi connectivity index (χ3v) is 5.09. The molecule has 0 radical (unpaired) electrons. The standard InChI is InChI=1S/C19H24ClN3O3.ClH/c1-26-17-5-4-14(20)11-15(17)19(25)23-10-2-3-16(23)18(24)22-12-13-6-8-21-9-7-13;/h4-6,11,16,21H,2-3,7-10,12H2,1H3,(H,22,24);1H. The molecule has 0 saturated carbocycles. The molecular weight excluding hydrogens is 389 g/mol. The van der Waals surface area contributed by atoms with Crippen LogP contribution in [0.3, 0.4) is 0 Å². The number of benzene rings is 1. The zero-order valence-electron chi connectivity index (χ0n) is 15.3. The first-order chi connectivity index (χ1) is 12.6. The molecule has 27 heavy (non-hydrogen) atoms. The number of nitrogens with one attached hydrogen (secondary N) is 2. The number of carbonyl (C=O) groups excluding carboxylic acids is 2. The van der Waals surface area contributed by atoms with Gasteiger partial charge in [-0.15, -0.1) is 12.4 Å². The number of hydrogen-bond donors (Lipinski definition) is 2. The highest BCUT2D eigenvalue weighted by molar-refractivity contribution is 6.31. The number of hydrogen-bond acceptors (Lipinski definition) is 4. The Morgan fingerprint density at radius 3 is 2.93 bits per heavy atom. The van der Waals surface area contributed by atoms with E-state index in [0.29, 0.717) is 35.8 Å². The Morgan fingerprint density at radius 2 is 2.22 bits per heavy atom. The second kappa shape index (κ2) is 9.97. The number of rotatable bonds is 5. The maximum absolute atomic E-state index is 13.0. The van der Waals surface area contributed by atoms with Crippen LogP contribution in [0.2, 0.25) is 5.02 Å². The number of methoxy groups -OCH3 is 1. The highest BCUT2D eigenvalue weighted by Gasteiger charge is 2.35. The Bertz CT molecular complexity index is 724. The monoisotopic (exact) mass is 413 g/mol. The predicted octanol–water partition coefficient (Wildman–Crippen LogP) is 2.41. The summed E-state index contributed by atoms with van der Waals surface area (Å²) in [5, 5.41) is 6.70. The molecule has 2 aliphatic rings. The molecule has 8 heteroatoms. The molecule has 0 spiro atoms. The topological polar surface area (TPSA) is 70.7 Å². The van der Waals surface area contributed by atoms with Gasteiger partial charge in [-0.1, -0.05) is 23.3 Å². The van der Waals surface area contributed by atoms with Gasteiger partial charge in [0, 0.05) is 24.7 Å². The van der Waals surface area contributed by atoms with E-state index < -0.39 is 6.04 Å². The third-order valence-electron chi connectivity index (χ3n) is 4.86. The smallest absolute Gasteiger partial charge is 0.258 e. The lowest BCUT2D eigenvalue weighted by Crippen LogP contribution is -2.46. The van der Waals surface area contributed by atoms with Gasteiger partial charge in [-0.2, -0.15) is 0 Å². The number of halogens is 2. The summed E-state index contributed by atoms with van der Waals surface area (Å²) in [6, 6.07) is 4.49. The minimum Gasteiger partial charge on any atom is -0.496 e. The summed E-state index contributed by atoms with van der Waals surface area (Å²) in [7, 11) is 1.51. The van der Waals surface area contributed by atoms with E-state index in [1.54, 1.807) is 23.1 Å². The fourth-order valence-electron chi connectivity index (χ4n) is 3.43. The van der Waals surface area contributed by atoms with Gasteiger partial charge in [0.05, 0.1) is 12.7 Å². The Labute approximate surface area is 170 Å². The van der Waals surface area contributed by atoms with Crippen LogP contribution in [0.15, 0.2) is 29.8 Å². The lowest BCUT2D eigenvalue weighted by molar-refractivity contribution is -0.124. The van der Waals surface area contributed by atoms with E-state index in [2.05, 4.69) is 16.7 Å². The summed E-state index contributed by atoms with van der Waals surface area (Å²) >= 11 is 6.04. The van der Waals surface area contributed by atoms with Crippen LogP contribution < -0.4 is 15.4 Å². The average Bonchev–Trinajstić information content (AvgIpc) is 3.16. The number of nitrogens with zero attached hydrogens (tertiary/aromatic N) is 1. The maximum atomic E-state index is 13.0. The first-order valence-corrected chi connectivity index (χ1v) is 9.29. The third kappa shape index (κ3) is 5.15. The predicted molar refractivity (Wildman–Crippen MR) is 108 cm³/mol. The highest BCUT2D eigenvalue weighted by Crippen LogP contribution is 2.27. The van der Waals surface area contributed by atoms with Gasteiger partial charge in [-0.3, -0.25) is 9.59 Å². The molecule has 1 unspecified atom stereocenters. The lowest BCUT2D eigenvalue weighted by Gasteiger charge is -2.25. The first-order valence-electron chi connectivity index (χ1n) is 8.91. The van der Waals surface area contributed by atoms with Crippen molar-refractivity contribution in [1.82, 2.24) is 15.5 Å². The van der Waals surface area contributed by atoms with Crippen molar-refractivity contribution in [3.63, 3.8) is 0 Å². The highest BCUT2D eigenvalue weighted by atomic mass is 35.5. The van der Waals surface area contributed by atoms with E-state index in [4.69, 9.17) is 16.3 Å². The zero-order chi connectivity index (χ0) is 18.5. The van der Waals surface area contributed by atoms with E-state index in [1.807, 2.05) is 0 Å². The molecule has 3 rings (SSSR count). The van der Waals surface area contributed by atoms with Crippen LogP contribution in [0.5, 0.6) is 5.75 Å². The summed E-state index contributed by atoms with van der Waals surface area (Å²) in [6.45, 7) is 2.87. The lowest BCUT2D eigenvalue weighted by atomic mass is 10.1. The molecule has 1 saturated heterocycles. The first kappa shape index (κ1) is 21.5. The normalized spacial score (nSPS) is 19.1. The van der Waals surface area contributed by atoms with Crippen LogP contribution in [-0.2, 0) is 4.79 Å². The van der Waals surface area contributed by atoms with E-state index in [0.717, 1.165) is 25.9 Å². The number of amides is 2. The Balaban J connectivity index is 0.00000261. The van der Waals surface area contributed by atoms with Gasteiger partial charge in [0.15, 0.2) is 0 Å². The molecule has 1 aromatic carbocycles. The summed E-state index contributed by atoms with van der Waals surface area (Å²) in [5.74, 6) is 0.143. The van der Waals surface area contributed by atoms with Crippen molar-refractivity contribution in [3.05, 3.63) is 40.4 Å². The second-order valence-electron chi connectivity index (χ2n) is 6.54. The van der Waals surface area contributed by atoms with Crippen molar-refractivity contribution in [1.29, 1.82) is 0 Å². The van der Waals surface area contributed by atoms with Crippen LogP contribution in [0, 0.1) is 0 Å². The molecule has 0 aromatic heterocycles. The molecule has 0 bridgehead atoms. The minimum absolute atomic E-state index is 0. The van der Waals surface area contributed by atoms with Gasteiger partial charge in [-0.05, 0) is 44.0 Å². The van der Waals surface area contributed by atoms with E-state index >= 15 is 0 Å². The quantitative estimate of drug-likeness (QED) is 0.727. The summed E-state index contributed by atoms with van der Waals surface area (Å²) in [4.78, 5) is 27.3. The molecule has 0 aliphatic carbocycles. The summed E-state index contributed by atoms with van der Waals surface area (Å²) < 4.78 is 5.28. The van der Waals surface area contributed by atoms with Crippen molar-refractivity contribution in [2.75, 3.05) is 33.3 Å². The number of likely N-dealkylation sites (tertiary alicyclic amines) is 1. The molecule has 2 aliphatic heterocycles.